The lowest BCUT2D eigenvalue weighted by Gasteiger charge is -2.15. The van der Waals surface area contributed by atoms with Gasteiger partial charge in [-0.1, -0.05) is 18.2 Å². The molecule has 0 saturated heterocycles. The molecule has 5 heteroatoms. The van der Waals surface area contributed by atoms with Gasteiger partial charge < -0.3 is 15.5 Å². The Kier molecular flexibility index (Phi) is 5.07. The molecule has 1 heterocycles. The van der Waals surface area contributed by atoms with E-state index in [4.69, 9.17) is 0 Å². The van der Waals surface area contributed by atoms with Crippen LogP contribution in [-0.4, -0.2) is 24.1 Å². The number of benzene rings is 2. The van der Waals surface area contributed by atoms with E-state index in [1.54, 1.807) is 0 Å². The molecule has 0 unspecified atom stereocenters. The van der Waals surface area contributed by atoms with Crippen LogP contribution in [0.3, 0.4) is 0 Å². The van der Waals surface area contributed by atoms with Crippen LogP contribution in [0.1, 0.15) is 17.0 Å². The number of hydrogen-bond donors (Lipinski definition) is 2. The second kappa shape index (κ2) is 7.44. The van der Waals surface area contributed by atoms with Crippen molar-refractivity contribution in [3.8, 4) is 0 Å². The number of aryl methyl sites for hydroxylation is 3. The smallest absolute Gasteiger partial charge is 0.136 e. The third kappa shape index (κ3) is 4.11. The van der Waals surface area contributed by atoms with Crippen molar-refractivity contribution in [3.05, 3.63) is 65.5 Å². The van der Waals surface area contributed by atoms with Crippen LogP contribution in [0.25, 0.3) is 0 Å². The van der Waals surface area contributed by atoms with Crippen LogP contribution in [0.4, 0.5) is 28.7 Å². The molecular formula is C21H25N5. The number of aromatic nitrogens is 2. The number of nitrogens with one attached hydrogen (secondary N) is 2. The fraction of sp³-hybridized carbons (Fsp3) is 0.238. The lowest BCUT2D eigenvalue weighted by molar-refractivity contribution is 1.06. The average Bonchev–Trinajstić information content (AvgIpc) is 2.58. The first-order valence-electron chi connectivity index (χ1n) is 8.66. The summed E-state index contributed by atoms with van der Waals surface area (Å²) < 4.78 is 0. The second-order valence-corrected chi connectivity index (χ2v) is 6.64. The SMILES string of the molecule is Cc1nc(Nc2ccc(N(C)C)cc2)cc(Nc2c(C)cccc2C)n1. The summed E-state index contributed by atoms with van der Waals surface area (Å²) in [4.78, 5) is 11.1. The summed E-state index contributed by atoms with van der Waals surface area (Å²) in [6.07, 6.45) is 0. The molecule has 0 radical (unpaired) electrons. The predicted octanol–water partition coefficient (Wildman–Crippen LogP) is 4.96. The van der Waals surface area contributed by atoms with Crippen LogP contribution >= 0.6 is 0 Å². The van der Waals surface area contributed by atoms with E-state index in [0.29, 0.717) is 5.82 Å². The molecule has 3 aromatic rings. The maximum atomic E-state index is 4.52. The van der Waals surface area contributed by atoms with Gasteiger partial charge >= 0.3 is 0 Å². The van der Waals surface area contributed by atoms with Gasteiger partial charge in [-0.25, -0.2) is 9.97 Å². The van der Waals surface area contributed by atoms with Gasteiger partial charge in [-0.3, -0.25) is 0 Å². The Bertz CT molecular complexity index is 881. The monoisotopic (exact) mass is 347 g/mol. The van der Waals surface area contributed by atoms with E-state index in [1.165, 1.54) is 11.1 Å². The fourth-order valence-electron chi connectivity index (χ4n) is 2.83. The Morgan fingerprint density at radius 3 is 1.92 bits per heavy atom. The molecule has 0 aliphatic carbocycles. The first kappa shape index (κ1) is 17.7. The van der Waals surface area contributed by atoms with Crippen molar-refractivity contribution in [1.29, 1.82) is 0 Å². The molecule has 2 N–H and O–H groups in total. The second-order valence-electron chi connectivity index (χ2n) is 6.64. The van der Waals surface area contributed by atoms with E-state index in [2.05, 4.69) is 69.7 Å². The molecular weight excluding hydrogens is 322 g/mol. The Hall–Kier alpha value is -3.08. The van der Waals surface area contributed by atoms with Crippen molar-refractivity contribution in [1.82, 2.24) is 9.97 Å². The zero-order chi connectivity index (χ0) is 18.7. The highest BCUT2D eigenvalue weighted by Gasteiger charge is 2.07. The van der Waals surface area contributed by atoms with Crippen LogP contribution in [0.5, 0.6) is 0 Å². The van der Waals surface area contributed by atoms with E-state index >= 15 is 0 Å². The van der Waals surface area contributed by atoms with Crippen molar-refractivity contribution in [3.63, 3.8) is 0 Å². The maximum Gasteiger partial charge on any atom is 0.136 e. The normalized spacial score (nSPS) is 10.5. The molecule has 0 atom stereocenters. The highest BCUT2D eigenvalue weighted by molar-refractivity contribution is 5.68. The summed E-state index contributed by atoms with van der Waals surface area (Å²) in [6.45, 7) is 6.08. The Morgan fingerprint density at radius 2 is 1.35 bits per heavy atom. The number of anilines is 5. The molecule has 2 aromatic carbocycles. The summed E-state index contributed by atoms with van der Waals surface area (Å²) in [5, 5.41) is 6.79. The zero-order valence-corrected chi connectivity index (χ0v) is 16.0. The summed E-state index contributed by atoms with van der Waals surface area (Å²) in [7, 11) is 4.06. The van der Waals surface area contributed by atoms with E-state index in [1.807, 2.05) is 39.2 Å². The fourth-order valence-corrected chi connectivity index (χ4v) is 2.83. The van der Waals surface area contributed by atoms with E-state index in [0.717, 1.165) is 28.7 Å². The van der Waals surface area contributed by atoms with Crippen LogP contribution < -0.4 is 15.5 Å². The lowest BCUT2D eigenvalue weighted by atomic mass is 10.1. The molecule has 0 aliphatic heterocycles. The number of nitrogens with zero attached hydrogens (tertiary/aromatic N) is 3. The first-order chi connectivity index (χ1) is 12.4. The molecule has 0 saturated carbocycles. The summed E-state index contributed by atoms with van der Waals surface area (Å²) in [6, 6.07) is 16.4. The number of rotatable bonds is 5. The standard InChI is InChI=1S/C21H25N5/c1-14-7-6-8-15(2)21(14)25-20-13-19(22-16(3)23-20)24-17-9-11-18(12-10-17)26(4)5/h6-13H,1-5H3,(H2,22,23,24,25). The third-order valence-corrected chi connectivity index (χ3v) is 4.23. The zero-order valence-electron chi connectivity index (χ0n) is 16.0. The van der Waals surface area contributed by atoms with E-state index in [9.17, 15) is 0 Å². The molecule has 5 nitrogen and oxygen atoms in total. The molecule has 134 valence electrons. The van der Waals surface area contributed by atoms with E-state index < -0.39 is 0 Å². The molecule has 0 amide bonds. The van der Waals surface area contributed by atoms with Crippen molar-refractivity contribution in [2.45, 2.75) is 20.8 Å². The highest BCUT2D eigenvalue weighted by atomic mass is 15.1. The number of para-hydroxylation sites is 1. The summed E-state index contributed by atoms with van der Waals surface area (Å²) in [5.74, 6) is 2.26. The summed E-state index contributed by atoms with van der Waals surface area (Å²) in [5.41, 5.74) is 5.62. The third-order valence-electron chi connectivity index (χ3n) is 4.23. The summed E-state index contributed by atoms with van der Waals surface area (Å²) >= 11 is 0. The maximum absolute atomic E-state index is 4.52. The van der Waals surface area contributed by atoms with Crippen molar-refractivity contribution >= 4 is 28.7 Å². The molecule has 26 heavy (non-hydrogen) atoms. The van der Waals surface area contributed by atoms with Gasteiger partial charge in [0, 0.05) is 37.2 Å². The van der Waals surface area contributed by atoms with Crippen LogP contribution in [0, 0.1) is 20.8 Å². The minimum atomic E-state index is 0.716. The van der Waals surface area contributed by atoms with Gasteiger partial charge in [-0.05, 0) is 56.2 Å². The van der Waals surface area contributed by atoms with Crippen molar-refractivity contribution < 1.29 is 0 Å². The van der Waals surface area contributed by atoms with Crippen molar-refractivity contribution in [2.24, 2.45) is 0 Å². The molecule has 0 aliphatic rings. The van der Waals surface area contributed by atoms with Gasteiger partial charge in [-0.15, -0.1) is 0 Å². The highest BCUT2D eigenvalue weighted by Crippen LogP contribution is 2.25. The molecule has 0 spiro atoms. The van der Waals surface area contributed by atoms with Gasteiger partial charge in [-0.2, -0.15) is 0 Å². The quantitative estimate of drug-likeness (QED) is 0.683. The Morgan fingerprint density at radius 1 is 0.769 bits per heavy atom. The predicted molar refractivity (Wildman–Crippen MR) is 110 cm³/mol. The molecule has 1 aromatic heterocycles. The molecule has 0 fully saturated rings. The largest absolute Gasteiger partial charge is 0.378 e. The van der Waals surface area contributed by atoms with Crippen molar-refractivity contribution in [2.75, 3.05) is 29.6 Å². The van der Waals surface area contributed by atoms with E-state index in [-0.39, 0.29) is 0 Å². The topological polar surface area (TPSA) is 53.1 Å². The lowest BCUT2D eigenvalue weighted by Crippen LogP contribution is -2.08. The first-order valence-corrected chi connectivity index (χ1v) is 8.66. The Balaban J connectivity index is 1.83. The van der Waals surface area contributed by atoms with Crippen LogP contribution in [0.2, 0.25) is 0 Å². The minimum Gasteiger partial charge on any atom is -0.378 e. The minimum absolute atomic E-state index is 0.716. The van der Waals surface area contributed by atoms with Crippen LogP contribution in [0.15, 0.2) is 48.5 Å². The van der Waals surface area contributed by atoms with Gasteiger partial charge in [0.25, 0.3) is 0 Å². The average molecular weight is 347 g/mol. The van der Waals surface area contributed by atoms with Crippen LogP contribution in [-0.2, 0) is 0 Å². The van der Waals surface area contributed by atoms with Gasteiger partial charge in [0.05, 0.1) is 0 Å². The molecule has 0 bridgehead atoms. The van der Waals surface area contributed by atoms with Gasteiger partial charge in [0.1, 0.15) is 17.5 Å². The molecule has 3 rings (SSSR count). The van der Waals surface area contributed by atoms with Gasteiger partial charge in [0.15, 0.2) is 0 Å². The Labute approximate surface area is 155 Å². The van der Waals surface area contributed by atoms with Gasteiger partial charge in [0.2, 0.25) is 0 Å². The number of hydrogen-bond acceptors (Lipinski definition) is 5.